The maximum absolute atomic E-state index is 7.40. The molecule has 1 N–H and O–H groups in total. The summed E-state index contributed by atoms with van der Waals surface area (Å²) >= 11 is 0. The average molecular weight is 109 g/mol. The summed E-state index contributed by atoms with van der Waals surface area (Å²) in [6.45, 7) is 4.12. The Morgan fingerprint density at radius 1 is 1.25 bits per heavy atom. The first-order valence-corrected chi connectivity index (χ1v) is 2.98. The van der Waals surface area contributed by atoms with E-state index in [2.05, 4.69) is 26.0 Å². The first-order valence-electron chi connectivity index (χ1n) is 2.98. The fourth-order valence-corrected chi connectivity index (χ4v) is 0.955. The van der Waals surface area contributed by atoms with Gasteiger partial charge in [-0.3, -0.25) is 0 Å². The third-order valence-corrected chi connectivity index (χ3v) is 1.67. The fraction of sp³-hybridized carbons (Fsp3) is 0.571. The monoisotopic (exact) mass is 109 g/mol. The highest BCUT2D eigenvalue weighted by atomic mass is 14.5. The van der Waals surface area contributed by atoms with E-state index in [1.165, 1.54) is 0 Å². The Kier molecular flexibility index (Phi) is 1.20. The van der Waals surface area contributed by atoms with E-state index < -0.39 is 0 Å². The van der Waals surface area contributed by atoms with Crippen LogP contribution < -0.4 is 0 Å². The van der Waals surface area contributed by atoms with Gasteiger partial charge in [-0.05, 0) is 0 Å². The van der Waals surface area contributed by atoms with Crippen molar-refractivity contribution in [2.45, 2.75) is 13.8 Å². The molecule has 0 aromatic carbocycles. The summed E-state index contributed by atoms with van der Waals surface area (Å²) in [5.41, 5.74) is 0.852. The third-order valence-electron chi connectivity index (χ3n) is 1.67. The van der Waals surface area contributed by atoms with Gasteiger partial charge in [0, 0.05) is 17.5 Å². The van der Waals surface area contributed by atoms with E-state index in [1.807, 2.05) is 0 Å². The Balaban J connectivity index is 2.70. The molecular formula is C7H11N. The molecule has 8 heavy (non-hydrogen) atoms. The minimum Gasteiger partial charge on any atom is -0.308 e. The van der Waals surface area contributed by atoms with E-state index in [-0.39, 0.29) is 0 Å². The lowest BCUT2D eigenvalue weighted by Gasteiger charge is -2.02. The summed E-state index contributed by atoms with van der Waals surface area (Å²) in [4.78, 5) is 0. The summed E-state index contributed by atoms with van der Waals surface area (Å²) in [6, 6.07) is 0. The Morgan fingerprint density at radius 2 is 1.62 bits per heavy atom. The molecule has 2 atom stereocenters. The van der Waals surface area contributed by atoms with Gasteiger partial charge in [0.1, 0.15) is 0 Å². The Hall–Kier alpha value is -0.590. The fourth-order valence-electron chi connectivity index (χ4n) is 0.955. The van der Waals surface area contributed by atoms with Crippen molar-refractivity contribution in [3.8, 4) is 0 Å². The van der Waals surface area contributed by atoms with Crippen LogP contribution in [0.5, 0.6) is 0 Å². The number of hydrogen-bond donors (Lipinski definition) is 1. The second-order valence-electron chi connectivity index (χ2n) is 2.42. The lowest BCUT2D eigenvalue weighted by molar-refractivity contribution is 0.924. The molecule has 0 spiro atoms. The number of rotatable bonds is 0. The van der Waals surface area contributed by atoms with E-state index >= 15 is 0 Å². The van der Waals surface area contributed by atoms with Crippen molar-refractivity contribution >= 4 is 5.71 Å². The summed E-state index contributed by atoms with van der Waals surface area (Å²) in [7, 11) is 0. The summed E-state index contributed by atoms with van der Waals surface area (Å²) in [5.74, 6) is 0.787. The molecule has 1 aliphatic rings. The van der Waals surface area contributed by atoms with Crippen LogP contribution in [0.25, 0.3) is 0 Å². The van der Waals surface area contributed by atoms with E-state index in [0.29, 0.717) is 11.8 Å². The molecule has 0 fully saturated rings. The molecular weight excluding hydrogens is 98.1 g/mol. The van der Waals surface area contributed by atoms with Gasteiger partial charge in [-0.15, -0.1) is 0 Å². The van der Waals surface area contributed by atoms with Crippen LogP contribution in [0, 0.1) is 17.2 Å². The second-order valence-corrected chi connectivity index (χ2v) is 2.42. The van der Waals surface area contributed by atoms with Crippen LogP contribution in [-0.2, 0) is 0 Å². The van der Waals surface area contributed by atoms with Gasteiger partial charge in [0.25, 0.3) is 0 Å². The molecule has 0 aromatic rings. The van der Waals surface area contributed by atoms with Gasteiger partial charge in [0.2, 0.25) is 0 Å². The van der Waals surface area contributed by atoms with Crippen LogP contribution in [0.15, 0.2) is 12.2 Å². The zero-order valence-electron chi connectivity index (χ0n) is 5.31. The molecule has 0 aliphatic heterocycles. The summed E-state index contributed by atoms with van der Waals surface area (Å²) in [5, 5.41) is 7.40. The number of allylic oxidation sites excluding steroid dienone is 2. The first-order chi connectivity index (χ1) is 3.72. The Morgan fingerprint density at radius 3 is 1.75 bits per heavy atom. The van der Waals surface area contributed by atoms with Gasteiger partial charge in [-0.2, -0.15) is 0 Å². The van der Waals surface area contributed by atoms with Crippen molar-refractivity contribution in [1.29, 1.82) is 5.41 Å². The zero-order chi connectivity index (χ0) is 6.15. The minimum absolute atomic E-state index is 0.394. The second kappa shape index (κ2) is 1.73. The first kappa shape index (κ1) is 5.54. The van der Waals surface area contributed by atoms with Crippen LogP contribution >= 0.6 is 0 Å². The van der Waals surface area contributed by atoms with Crippen LogP contribution in [0.2, 0.25) is 0 Å². The molecule has 0 heterocycles. The highest BCUT2D eigenvalue weighted by Crippen LogP contribution is 2.17. The Labute approximate surface area is 49.9 Å². The molecule has 0 saturated heterocycles. The third kappa shape index (κ3) is 0.683. The largest absolute Gasteiger partial charge is 0.308 e. The van der Waals surface area contributed by atoms with Crippen molar-refractivity contribution < 1.29 is 0 Å². The van der Waals surface area contributed by atoms with E-state index in [9.17, 15) is 0 Å². The zero-order valence-corrected chi connectivity index (χ0v) is 5.31. The maximum atomic E-state index is 7.40. The van der Waals surface area contributed by atoms with Gasteiger partial charge >= 0.3 is 0 Å². The molecule has 0 aromatic heterocycles. The van der Waals surface area contributed by atoms with E-state index in [0.717, 1.165) is 5.71 Å². The lowest BCUT2D eigenvalue weighted by atomic mass is 10.0. The van der Waals surface area contributed by atoms with E-state index in [1.54, 1.807) is 0 Å². The molecule has 1 nitrogen and oxygen atoms in total. The van der Waals surface area contributed by atoms with E-state index in [4.69, 9.17) is 5.41 Å². The molecule has 1 heteroatoms. The van der Waals surface area contributed by atoms with Crippen molar-refractivity contribution in [2.75, 3.05) is 0 Å². The average Bonchev–Trinajstić information content (AvgIpc) is 1.98. The molecule has 0 radical (unpaired) electrons. The molecule has 0 saturated carbocycles. The minimum atomic E-state index is 0.394. The summed E-state index contributed by atoms with van der Waals surface area (Å²) < 4.78 is 0. The lowest BCUT2D eigenvalue weighted by Crippen LogP contribution is -2.07. The molecule has 0 bridgehead atoms. The smallest absolute Gasteiger partial charge is 0.0221 e. The van der Waals surface area contributed by atoms with Gasteiger partial charge in [0.15, 0.2) is 0 Å². The SMILES string of the molecule is CC1C=CC(C)C1=N. The van der Waals surface area contributed by atoms with Crippen molar-refractivity contribution in [3.05, 3.63) is 12.2 Å². The standard InChI is InChI=1S/C7H11N/c1-5-3-4-6(2)7(5)8/h3-6,8H,1-2H3. The normalized spacial score (nSPS) is 36.5. The van der Waals surface area contributed by atoms with Gasteiger partial charge in [-0.25, -0.2) is 0 Å². The highest BCUT2D eigenvalue weighted by molar-refractivity contribution is 5.90. The molecule has 44 valence electrons. The summed E-state index contributed by atoms with van der Waals surface area (Å²) in [6.07, 6.45) is 4.18. The van der Waals surface area contributed by atoms with Crippen LogP contribution in [0.3, 0.4) is 0 Å². The molecule has 1 rings (SSSR count). The Bertz CT molecular complexity index is 121. The molecule has 2 unspecified atom stereocenters. The van der Waals surface area contributed by atoms with Crippen LogP contribution in [0.1, 0.15) is 13.8 Å². The topological polar surface area (TPSA) is 23.9 Å². The van der Waals surface area contributed by atoms with Crippen LogP contribution in [-0.4, -0.2) is 5.71 Å². The predicted molar refractivity (Wildman–Crippen MR) is 35.2 cm³/mol. The van der Waals surface area contributed by atoms with Crippen molar-refractivity contribution in [3.63, 3.8) is 0 Å². The van der Waals surface area contributed by atoms with Crippen molar-refractivity contribution in [1.82, 2.24) is 0 Å². The molecule has 0 amide bonds. The maximum Gasteiger partial charge on any atom is 0.0221 e. The van der Waals surface area contributed by atoms with Gasteiger partial charge in [-0.1, -0.05) is 26.0 Å². The number of hydrogen-bond acceptors (Lipinski definition) is 1. The number of nitrogens with one attached hydrogen (secondary N) is 1. The van der Waals surface area contributed by atoms with Crippen LogP contribution in [0.4, 0.5) is 0 Å². The quantitative estimate of drug-likeness (QED) is 0.459. The van der Waals surface area contributed by atoms with Crippen molar-refractivity contribution in [2.24, 2.45) is 11.8 Å². The van der Waals surface area contributed by atoms with Gasteiger partial charge in [0.05, 0.1) is 0 Å². The highest BCUT2D eigenvalue weighted by Gasteiger charge is 2.16. The molecule has 1 aliphatic carbocycles. The predicted octanol–water partition coefficient (Wildman–Crippen LogP) is 1.85. The van der Waals surface area contributed by atoms with Gasteiger partial charge < -0.3 is 5.41 Å².